The number of hydrogen-bond donors (Lipinski definition) is 0. The minimum Gasteiger partial charge on any atom is -0.467 e. The summed E-state index contributed by atoms with van der Waals surface area (Å²) in [5.41, 5.74) is 0.315. The number of aryl methyl sites for hydroxylation is 1. The van der Waals surface area contributed by atoms with Crippen LogP contribution in [-0.4, -0.2) is 47.2 Å². The fourth-order valence-corrected chi connectivity index (χ4v) is 3.19. The zero-order valence-electron chi connectivity index (χ0n) is 13.6. The maximum Gasteiger partial charge on any atom is 0.411 e. The Hall–Kier alpha value is -1.63. The van der Waals surface area contributed by atoms with E-state index in [-0.39, 0.29) is 5.92 Å². The van der Waals surface area contributed by atoms with Gasteiger partial charge in [0.15, 0.2) is 0 Å². The van der Waals surface area contributed by atoms with Gasteiger partial charge >= 0.3 is 12.1 Å². The standard InChI is InChI=1S/C15H22N2O4S/c1-9-16-11(8-22-9)10-6-12(13(18)20-5)17(7-10)14(19)21-15(2,3)4/h8,10,12H,6-7H2,1-5H3/t10-,12-/m0/s1. The van der Waals surface area contributed by atoms with E-state index >= 15 is 0 Å². The van der Waals surface area contributed by atoms with Crippen molar-refractivity contribution in [2.45, 2.75) is 51.7 Å². The molecule has 2 atom stereocenters. The highest BCUT2D eigenvalue weighted by Crippen LogP contribution is 2.33. The van der Waals surface area contributed by atoms with Gasteiger partial charge in [-0.1, -0.05) is 0 Å². The van der Waals surface area contributed by atoms with E-state index in [1.165, 1.54) is 12.0 Å². The van der Waals surface area contributed by atoms with Gasteiger partial charge in [-0.05, 0) is 34.1 Å². The molecule has 122 valence electrons. The highest BCUT2D eigenvalue weighted by Gasteiger charge is 2.43. The summed E-state index contributed by atoms with van der Waals surface area (Å²) < 4.78 is 10.2. The van der Waals surface area contributed by atoms with E-state index in [9.17, 15) is 9.59 Å². The van der Waals surface area contributed by atoms with Crippen LogP contribution in [0.2, 0.25) is 0 Å². The molecule has 1 aromatic rings. The highest BCUT2D eigenvalue weighted by molar-refractivity contribution is 7.09. The van der Waals surface area contributed by atoms with Gasteiger partial charge in [0.2, 0.25) is 0 Å². The molecule has 1 fully saturated rings. The molecule has 1 aromatic heterocycles. The van der Waals surface area contributed by atoms with Gasteiger partial charge in [0, 0.05) is 17.8 Å². The lowest BCUT2D eigenvalue weighted by molar-refractivity contribution is -0.145. The second-order valence-electron chi connectivity index (χ2n) is 6.40. The van der Waals surface area contributed by atoms with Gasteiger partial charge in [0.05, 0.1) is 17.8 Å². The van der Waals surface area contributed by atoms with Gasteiger partial charge in [-0.15, -0.1) is 11.3 Å². The van der Waals surface area contributed by atoms with Crippen molar-refractivity contribution in [1.29, 1.82) is 0 Å². The van der Waals surface area contributed by atoms with Crippen molar-refractivity contribution in [2.75, 3.05) is 13.7 Å². The Kier molecular flexibility index (Phi) is 4.75. The fraction of sp³-hybridized carbons (Fsp3) is 0.667. The summed E-state index contributed by atoms with van der Waals surface area (Å²) >= 11 is 1.56. The van der Waals surface area contributed by atoms with E-state index in [1.807, 2.05) is 12.3 Å². The Morgan fingerprint density at radius 1 is 1.41 bits per heavy atom. The molecule has 0 aliphatic carbocycles. The number of nitrogens with zero attached hydrogens (tertiary/aromatic N) is 2. The molecule has 0 radical (unpaired) electrons. The number of hydrogen-bond acceptors (Lipinski definition) is 6. The molecule has 1 aliphatic heterocycles. The fourth-order valence-electron chi connectivity index (χ4n) is 2.50. The number of carbonyl (C=O) groups excluding carboxylic acids is 2. The number of aromatic nitrogens is 1. The average Bonchev–Trinajstić information content (AvgIpc) is 3.01. The molecule has 0 bridgehead atoms. The smallest absolute Gasteiger partial charge is 0.411 e. The molecule has 7 heteroatoms. The molecule has 0 saturated carbocycles. The normalized spacial score (nSPS) is 21.8. The van der Waals surface area contributed by atoms with Gasteiger partial charge < -0.3 is 9.47 Å². The minimum absolute atomic E-state index is 0.0292. The number of methoxy groups -OCH3 is 1. The van der Waals surface area contributed by atoms with Crippen LogP contribution in [0, 0.1) is 6.92 Å². The van der Waals surface area contributed by atoms with Gasteiger partial charge in [0.1, 0.15) is 11.6 Å². The molecule has 1 amide bonds. The van der Waals surface area contributed by atoms with Gasteiger partial charge in [-0.2, -0.15) is 0 Å². The Labute approximate surface area is 134 Å². The lowest BCUT2D eigenvalue weighted by Gasteiger charge is -2.27. The van der Waals surface area contributed by atoms with Crippen LogP contribution in [0.5, 0.6) is 0 Å². The van der Waals surface area contributed by atoms with Gasteiger partial charge in [-0.3, -0.25) is 4.90 Å². The summed E-state index contributed by atoms with van der Waals surface area (Å²) in [6.07, 6.45) is 0.0205. The third-order valence-corrected chi connectivity index (χ3v) is 4.25. The van der Waals surface area contributed by atoms with Crippen LogP contribution in [0.3, 0.4) is 0 Å². The Morgan fingerprint density at radius 2 is 2.09 bits per heavy atom. The molecule has 2 rings (SSSR count). The topological polar surface area (TPSA) is 68.7 Å². The number of carbonyl (C=O) groups is 2. The Balaban J connectivity index is 2.18. The zero-order chi connectivity index (χ0) is 16.5. The van der Waals surface area contributed by atoms with Crippen molar-refractivity contribution in [3.63, 3.8) is 0 Å². The molecule has 0 unspecified atom stereocenters. The molecule has 0 aromatic carbocycles. The van der Waals surface area contributed by atoms with Crippen LogP contribution in [0.1, 0.15) is 43.8 Å². The van der Waals surface area contributed by atoms with E-state index in [2.05, 4.69) is 4.98 Å². The highest BCUT2D eigenvalue weighted by atomic mass is 32.1. The maximum atomic E-state index is 12.4. The molecule has 22 heavy (non-hydrogen) atoms. The second-order valence-corrected chi connectivity index (χ2v) is 7.46. The number of likely N-dealkylation sites (tertiary alicyclic amines) is 1. The van der Waals surface area contributed by atoms with Crippen LogP contribution in [0.15, 0.2) is 5.38 Å². The van der Waals surface area contributed by atoms with Crippen LogP contribution in [0.25, 0.3) is 0 Å². The molecule has 2 heterocycles. The van der Waals surface area contributed by atoms with Crippen LogP contribution < -0.4 is 0 Å². The first-order valence-electron chi connectivity index (χ1n) is 7.20. The predicted octanol–water partition coefficient (Wildman–Crippen LogP) is 2.72. The molecule has 0 N–H and O–H groups in total. The maximum absolute atomic E-state index is 12.4. The van der Waals surface area contributed by atoms with E-state index in [4.69, 9.17) is 9.47 Å². The van der Waals surface area contributed by atoms with Crippen molar-refractivity contribution in [3.05, 3.63) is 16.1 Å². The minimum atomic E-state index is -0.619. The molecule has 0 spiro atoms. The summed E-state index contributed by atoms with van der Waals surface area (Å²) in [6.45, 7) is 7.75. The lowest BCUT2D eigenvalue weighted by atomic mass is 10.0. The van der Waals surface area contributed by atoms with Gasteiger partial charge in [-0.25, -0.2) is 14.6 Å². The Bertz CT molecular complexity index is 564. The van der Waals surface area contributed by atoms with E-state index < -0.39 is 23.7 Å². The van der Waals surface area contributed by atoms with Crippen molar-refractivity contribution >= 4 is 23.4 Å². The number of thiazole rings is 1. The second kappa shape index (κ2) is 6.24. The monoisotopic (exact) mass is 326 g/mol. The van der Waals surface area contributed by atoms with Crippen molar-refractivity contribution < 1.29 is 19.1 Å². The number of ether oxygens (including phenoxy) is 2. The largest absolute Gasteiger partial charge is 0.467 e. The van der Waals surface area contributed by atoms with Crippen LogP contribution in [0.4, 0.5) is 4.79 Å². The van der Waals surface area contributed by atoms with Crippen molar-refractivity contribution in [1.82, 2.24) is 9.88 Å². The lowest BCUT2D eigenvalue weighted by Crippen LogP contribution is -2.43. The van der Waals surface area contributed by atoms with E-state index in [0.717, 1.165) is 10.7 Å². The molecular weight excluding hydrogens is 304 g/mol. The van der Waals surface area contributed by atoms with Crippen LogP contribution >= 0.6 is 11.3 Å². The quantitative estimate of drug-likeness (QED) is 0.782. The number of rotatable bonds is 2. The first kappa shape index (κ1) is 16.7. The third kappa shape index (κ3) is 3.76. The molecule has 1 saturated heterocycles. The van der Waals surface area contributed by atoms with Crippen molar-refractivity contribution in [3.8, 4) is 0 Å². The van der Waals surface area contributed by atoms with E-state index in [1.54, 1.807) is 32.1 Å². The summed E-state index contributed by atoms with van der Waals surface area (Å²) in [5, 5.41) is 2.95. The third-order valence-electron chi connectivity index (χ3n) is 3.46. The molecule has 1 aliphatic rings. The van der Waals surface area contributed by atoms with E-state index in [0.29, 0.717) is 13.0 Å². The summed E-state index contributed by atoms with van der Waals surface area (Å²) in [4.78, 5) is 30.3. The summed E-state index contributed by atoms with van der Waals surface area (Å²) in [5.74, 6) is -0.387. The summed E-state index contributed by atoms with van der Waals surface area (Å²) in [7, 11) is 1.33. The molecular formula is C15H22N2O4S. The first-order chi connectivity index (χ1) is 10.2. The zero-order valence-corrected chi connectivity index (χ0v) is 14.4. The van der Waals surface area contributed by atoms with Crippen LogP contribution in [-0.2, 0) is 14.3 Å². The number of amides is 1. The summed E-state index contributed by atoms with van der Waals surface area (Å²) in [6, 6.07) is -0.619. The SMILES string of the molecule is COC(=O)[C@@H]1C[C@H](c2csc(C)n2)CN1C(=O)OC(C)(C)C. The van der Waals surface area contributed by atoms with Crippen molar-refractivity contribution in [2.24, 2.45) is 0 Å². The van der Waals surface area contributed by atoms with Gasteiger partial charge in [0.25, 0.3) is 0 Å². The molecule has 6 nitrogen and oxygen atoms in total. The number of esters is 1. The Morgan fingerprint density at radius 3 is 2.59 bits per heavy atom. The first-order valence-corrected chi connectivity index (χ1v) is 8.08. The predicted molar refractivity (Wildman–Crippen MR) is 83.0 cm³/mol. The average molecular weight is 326 g/mol.